The number of rotatable bonds is 10. The molecule has 0 spiro atoms. The summed E-state index contributed by atoms with van der Waals surface area (Å²) in [6, 6.07) is 27.3. The molecule has 0 aromatic heterocycles. The normalized spacial score (nSPS) is 13.7. The highest BCUT2D eigenvalue weighted by Gasteiger charge is 2.28. The van der Waals surface area contributed by atoms with Crippen LogP contribution in [-0.2, 0) is 16.7 Å². The molecule has 0 saturated carbocycles. The van der Waals surface area contributed by atoms with Crippen LogP contribution in [0.2, 0.25) is 0 Å². The van der Waals surface area contributed by atoms with Crippen molar-refractivity contribution >= 4 is 55.2 Å². The van der Waals surface area contributed by atoms with Crippen LogP contribution in [0.5, 0.6) is 0 Å². The van der Waals surface area contributed by atoms with Gasteiger partial charge in [0, 0.05) is 40.4 Å². The Morgan fingerprint density at radius 2 is 1.54 bits per heavy atom. The predicted octanol–water partition coefficient (Wildman–Crippen LogP) is 5.94. The molecule has 4 rings (SSSR count). The summed E-state index contributed by atoms with van der Waals surface area (Å²) in [7, 11) is -4.04. The van der Waals surface area contributed by atoms with E-state index in [2.05, 4.69) is 95.1 Å². The first-order valence-corrected chi connectivity index (χ1v) is 15.9. The maximum Gasteiger partial charge on any atom is 0.264 e. The highest BCUT2D eigenvalue weighted by molar-refractivity contribution is 8.13. The lowest BCUT2D eigenvalue weighted by molar-refractivity contribution is 0.482. The van der Waals surface area contributed by atoms with E-state index in [-0.39, 0.29) is 16.2 Å². The molecule has 184 valence electrons. The predicted molar refractivity (Wildman–Crippen MR) is 153 cm³/mol. The van der Waals surface area contributed by atoms with E-state index in [4.69, 9.17) is 4.55 Å². The molecule has 35 heavy (non-hydrogen) atoms. The van der Waals surface area contributed by atoms with Crippen molar-refractivity contribution in [3.8, 4) is 0 Å². The molecule has 8 heteroatoms. The SMILES string of the molecule is C=S(C)CNC(SCCCS(=O)(=O)O)=C1c2ccccc2N(Cc2ccccc2)c2ccccc21. The third-order valence-electron chi connectivity index (χ3n) is 5.61. The fourth-order valence-corrected chi connectivity index (χ4v) is 6.32. The molecule has 3 aromatic rings. The van der Waals surface area contributed by atoms with Gasteiger partial charge >= 0.3 is 0 Å². The molecule has 0 saturated heterocycles. The van der Waals surface area contributed by atoms with Crippen LogP contribution in [0.4, 0.5) is 11.4 Å². The molecule has 3 aromatic carbocycles. The van der Waals surface area contributed by atoms with Gasteiger partial charge in [0.1, 0.15) is 0 Å². The zero-order valence-corrected chi connectivity index (χ0v) is 22.1. The highest BCUT2D eigenvalue weighted by atomic mass is 32.2. The van der Waals surface area contributed by atoms with Crippen LogP contribution in [-0.4, -0.2) is 42.5 Å². The Balaban J connectivity index is 1.79. The van der Waals surface area contributed by atoms with E-state index in [0.29, 0.717) is 12.2 Å². The van der Waals surface area contributed by atoms with Crippen LogP contribution in [0.3, 0.4) is 0 Å². The molecule has 1 aliphatic heterocycles. The molecule has 0 bridgehead atoms. The highest BCUT2D eigenvalue weighted by Crippen LogP contribution is 2.47. The summed E-state index contributed by atoms with van der Waals surface area (Å²) in [4.78, 5) is 2.36. The fourth-order valence-electron chi connectivity index (χ4n) is 4.11. The summed E-state index contributed by atoms with van der Waals surface area (Å²) < 4.78 is 31.6. The second kappa shape index (κ2) is 11.5. The van der Waals surface area contributed by atoms with Crippen molar-refractivity contribution in [3.63, 3.8) is 0 Å². The van der Waals surface area contributed by atoms with Gasteiger partial charge in [0.2, 0.25) is 0 Å². The summed E-state index contributed by atoms with van der Waals surface area (Å²) in [6.07, 6.45) is 2.45. The first-order valence-electron chi connectivity index (χ1n) is 11.3. The van der Waals surface area contributed by atoms with E-state index < -0.39 is 10.1 Å². The van der Waals surface area contributed by atoms with Crippen molar-refractivity contribution in [3.05, 3.63) is 101 Å². The lowest BCUT2D eigenvalue weighted by atomic mass is 9.90. The summed E-state index contributed by atoms with van der Waals surface area (Å²) >= 11 is 1.59. The molecule has 1 aliphatic rings. The van der Waals surface area contributed by atoms with Crippen LogP contribution in [0.25, 0.3) is 5.57 Å². The number of nitrogens with zero attached hydrogens (tertiary/aromatic N) is 1. The first kappa shape index (κ1) is 25.6. The van der Waals surface area contributed by atoms with Gasteiger partial charge < -0.3 is 10.2 Å². The van der Waals surface area contributed by atoms with Gasteiger partial charge in [-0.3, -0.25) is 4.55 Å². The molecule has 0 fully saturated rings. The Labute approximate surface area is 214 Å². The number of thioether (sulfide) groups is 1. The molecular formula is C27H30N2O3S3. The first-order chi connectivity index (χ1) is 16.8. The van der Waals surface area contributed by atoms with Crippen molar-refractivity contribution in [1.29, 1.82) is 0 Å². The second-order valence-electron chi connectivity index (χ2n) is 8.40. The third-order valence-corrected chi connectivity index (χ3v) is 8.18. The van der Waals surface area contributed by atoms with Crippen molar-refractivity contribution in [2.75, 3.05) is 28.5 Å². The lowest BCUT2D eigenvalue weighted by Crippen LogP contribution is -2.24. The van der Waals surface area contributed by atoms with Gasteiger partial charge in [-0.05, 0) is 30.4 Å². The van der Waals surface area contributed by atoms with Crippen molar-refractivity contribution in [2.45, 2.75) is 13.0 Å². The minimum absolute atomic E-state index is 0.0661. The number of hydrogen-bond donors (Lipinski definition) is 2. The Morgan fingerprint density at radius 3 is 2.11 bits per heavy atom. The van der Waals surface area contributed by atoms with E-state index in [1.165, 1.54) is 5.56 Å². The van der Waals surface area contributed by atoms with E-state index in [1.54, 1.807) is 11.8 Å². The summed E-state index contributed by atoms with van der Waals surface area (Å²) in [5.41, 5.74) is 6.87. The third kappa shape index (κ3) is 6.58. The largest absolute Gasteiger partial charge is 0.371 e. The topological polar surface area (TPSA) is 69.6 Å². The molecule has 1 heterocycles. The van der Waals surface area contributed by atoms with Crippen molar-refractivity contribution in [2.24, 2.45) is 0 Å². The van der Waals surface area contributed by atoms with E-state index in [9.17, 15) is 8.42 Å². The van der Waals surface area contributed by atoms with E-state index in [1.807, 2.05) is 6.07 Å². The number of para-hydroxylation sites is 2. The monoisotopic (exact) mass is 526 g/mol. The minimum Gasteiger partial charge on any atom is -0.371 e. The smallest absolute Gasteiger partial charge is 0.264 e. The Kier molecular flexibility index (Phi) is 8.38. The van der Waals surface area contributed by atoms with Gasteiger partial charge in [-0.1, -0.05) is 72.6 Å². The number of benzene rings is 3. The van der Waals surface area contributed by atoms with E-state index in [0.717, 1.165) is 45.5 Å². The number of nitrogens with one attached hydrogen (secondary N) is 1. The zero-order chi connectivity index (χ0) is 24.8. The van der Waals surface area contributed by atoms with Gasteiger partial charge in [-0.15, -0.1) is 11.8 Å². The average molecular weight is 527 g/mol. The molecule has 0 radical (unpaired) electrons. The fraction of sp³-hybridized carbons (Fsp3) is 0.222. The Morgan fingerprint density at radius 1 is 0.971 bits per heavy atom. The van der Waals surface area contributed by atoms with Crippen LogP contribution in [0.15, 0.2) is 83.9 Å². The second-order valence-corrected chi connectivity index (χ2v) is 12.9. The van der Waals surface area contributed by atoms with Crippen molar-refractivity contribution < 1.29 is 13.0 Å². The zero-order valence-electron chi connectivity index (χ0n) is 19.7. The summed E-state index contributed by atoms with van der Waals surface area (Å²) in [5.74, 6) is 5.19. The quantitative estimate of drug-likeness (QED) is 0.193. The average Bonchev–Trinajstić information content (AvgIpc) is 2.84. The van der Waals surface area contributed by atoms with Crippen molar-refractivity contribution in [1.82, 2.24) is 5.32 Å². The molecule has 5 nitrogen and oxygen atoms in total. The van der Waals surface area contributed by atoms with Crippen LogP contribution >= 0.6 is 22.2 Å². The maximum absolute atomic E-state index is 11.2. The van der Waals surface area contributed by atoms with Crippen LogP contribution in [0.1, 0.15) is 23.1 Å². The van der Waals surface area contributed by atoms with E-state index >= 15 is 0 Å². The standard InChI is InChI=1S/C27H30N2O3S3/c1-34(2)20-28-27(33-17-10-18-35(30,31)32)26-22-13-6-8-15-24(22)29(19-21-11-4-3-5-12-21)25-16-9-7-14-23(25)26/h3-9,11-16,28H,1,10,17-20H2,2H3,(H,30,31,32). The van der Waals surface area contributed by atoms with Gasteiger partial charge in [0.15, 0.2) is 0 Å². The van der Waals surface area contributed by atoms with Crippen LogP contribution in [0, 0.1) is 0 Å². The summed E-state index contributed by atoms with van der Waals surface area (Å²) in [6.45, 7) is 0.754. The Bertz CT molecular complexity index is 1290. The van der Waals surface area contributed by atoms with Gasteiger partial charge in [-0.2, -0.15) is 18.9 Å². The maximum atomic E-state index is 11.2. The Hall–Kier alpha value is -2.52. The summed E-state index contributed by atoms with van der Waals surface area (Å²) in [5, 5.41) is 4.60. The van der Waals surface area contributed by atoms with Crippen LogP contribution < -0.4 is 10.2 Å². The molecular weight excluding hydrogens is 497 g/mol. The molecule has 1 atom stereocenters. The number of hydrogen-bond acceptors (Lipinski definition) is 5. The number of anilines is 2. The molecule has 0 aliphatic carbocycles. The van der Waals surface area contributed by atoms with Gasteiger partial charge in [0.25, 0.3) is 10.1 Å². The molecule has 2 N–H and O–H groups in total. The molecule has 1 unspecified atom stereocenters. The molecule has 0 amide bonds. The number of fused-ring (bicyclic) bond motifs is 2. The van der Waals surface area contributed by atoms with Gasteiger partial charge in [0.05, 0.1) is 16.7 Å². The minimum atomic E-state index is -3.97. The van der Waals surface area contributed by atoms with Gasteiger partial charge in [-0.25, -0.2) is 0 Å². The lowest BCUT2D eigenvalue weighted by Gasteiger charge is -2.36.